The van der Waals surface area contributed by atoms with Crippen molar-refractivity contribution in [3.05, 3.63) is 76.8 Å². The van der Waals surface area contributed by atoms with E-state index in [1.165, 1.54) is 4.90 Å². The highest BCUT2D eigenvalue weighted by Crippen LogP contribution is 2.31. The van der Waals surface area contributed by atoms with E-state index in [0.29, 0.717) is 5.69 Å². The normalized spacial score (nSPS) is 15.0. The molecule has 1 fully saturated rings. The van der Waals surface area contributed by atoms with Crippen LogP contribution in [-0.2, 0) is 4.79 Å². The number of aromatic nitrogens is 2. The van der Waals surface area contributed by atoms with E-state index < -0.39 is 6.04 Å². The molecule has 30 heavy (non-hydrogen) atoms. The number of hydrogen-bond donors (Lipinski definition) is 1. The lowest BCUT2D eigenvalue weighted by molar-refractivity contribution is -0.123. The van der Waals surface area contributed by atoms with Crippen molar-refractivity contribution >= 4 is 29.0 Å². The Morgan fingerprint density at radius 1 is 1.10 bits per heavy atom. The van der Waals surface area contributed by atoms with E-state index in [1.807, 2.05) is 61.5 Å². The number of para-hydroxylation sites is 1. The van der Waals surface area contributed by atoms with Crippen LogP contribution in [0.4, 0.5) is 5.69 Å². The fourth-order valence-electron chi connectivity index (χ4n) is 3.96. The van der Waals surface area contributed by atoms with Crippen LogP contribution < -0.4 is 10.2 Å². The van der Waals surface area contributed by atoms with Gasteiger partial charge in [0.1, 0.15) is 6.04 Å². The van der Waals surface area contributed by atoms with Crippen LogP contribution in [0.2, 0.25) is 0 Å². The lowest BCUT2D eigenvalue weighted by Gasteiger charge is -2.32. The summed E-state index contributed by atoms with van der Waals surface area (Å²) in [5, 5.41) is 8.76. The van der Waals surface area contributed by atoms with Gasteiger partial charge in [-0.15, -0.1) is 5.10 Å². The number of aryl methyl sites for hydroxylation is 1. The van der Waals surface area contributed by atoms with Crippen molar-refractivity contribution in [3.63, 3.8) is 0 Å². The molecule has 1 atom stereocenters. The Morgan fingerprint density at radius 3 is 2.53 bits per heavy atom. The van der Waals surface area contributed by atoms with Gasteiger partial charge in [0.2, 0.25) is 5.91 Å². The third-order valence-electron chi connectivity index (χ3n) is 5.40. The molecule has 6 nitrogen and oxygen atoms in total. The monoisotopic (exact) mass is 420 g/mol. The second-order valence-electron chi connectivity index (χ2n) is 7.61. The molecule has 1 heterocycles. The molecule has 154 valence electrons. The highest BCUT2D eigenvalue weighted by atomic mass is 32.1. The molecular formula is C23H24N4O2S. The van der Waals surface area contributed by atoms with Crippen molar-refractivity contribution in [1.82, 2.24) is 14.9 Å². The quantitative estimate of drug-likeness (QED) is 0.645. The lowest BCUT2D eigenvalue weighted by Crippen LogP contribution is -2.46. The zero-order valence-electron chi connectivity index (χ0n) is 16.8. The van der Waals surface area contributed by atoms with Crippen LogP contribution in [0.3, 0.4) is 0 Å². The topological polar surface area (TPSA) is 75.2 Å². The van der Waals surface area contributed by atoms with Crippen molar-refractivity contribution < 1.29 is 9.59 Å². The summed E-state index contributed by atoms with van der Waals surface area (Å²) in [6.45, 7) is 1.98. The molecule has 2 aromatic carbocycles. The van der Waals surface area contributed by atoms with Crippen molar-refractivity contribution in [2.24, 2.45) is 0 Å². The lowest BCUT2D eigenvalue weighted by atomic mass is 10.00. The molecule has 2 amide bonds. The molecular weight excluding hydrogens is 396 g/mol. The molecule has 7 heteroatoms. The maximum Gasteiger partial charge on any atom is 0.280 e. The molecule has 0 bridgehead atoms. The van der Waals surface area contributed by atoms with E-state index in [9.17, 15) is 9.59 Å². The van der Waals surface area contributed by atoms with E-state index in [2.05, 4.69) is 14.9 Å². The zero-order valence-corrected chi connectivity index (χ0v) is 17.6. The highest BCUT2D eigenvalue weighted by molar-refractivity contribution is 7.03. The van der Waals surface area contributed by atoms with E-state index in [0.717, 1.165) is 48.3 Å². The Bertz CT molecular complexity index is 1000. The van der Waals surface area contributed by atoms with Gasteiger partial charge in [0.25, 0.3) is 5.91 Å². The average Bonchev–Trinajstić information content (AvgIpc) is 3.46. The second-order valence-corrected chi connectivity index (χ2v) is 8.22. The molecule has 1 unspecified atom stereocenters. The van der Waals surface area contributed by atoms with E-state index in [4.69, 9.17) is 0 Å². The Hall–Kier alpha value is -3.06. The number of rotatable bonds is 6. The number of anilines is 1. The van der Waals surface area contributed by atoms with Gasteiger partial charge >= 0.3 is 0 Å². The Morgan fingerprint density at radius 2 is 1.87 bits per heavy atom. The van der Waals surface area contributed by atoms with E-state index in [1.54, 1.807) is 5.38 Å². The van der Waals surface area contributed by atoms with Gasteiger partial charge in [-0.05, 0) is 49.0 Å². The van der Waals surface area contributed by atoms with Crippen LogP contribution in [-0.4, -0.2) is 27.4 Å². The highest BCUT2D eigenvalue weighted by Gasteiger charge is 2.35. The standard InChI is InChI=1S/C23H24N4O2S/c1-16-8-7-9-17(14-16)21(22(28)24-18-10-5-6-11-18)27(19-12-3-2-4-13-19)23(29)20-15-30-26-25-20/h2-4,7-9,12-15,18,21H,5-6,10-11H2,1H3,(H,24,28). The van der Waals surface area contributed by atoms with Gasteiger partial charge < -0.3 is 5.32 Å². The van der Waals surface area contributed by atoms with Gasteiger partial charge in [-0.2, -0.15) is 0 Å². The number of amides is 2. The average molecular weight is 421 g/mol. The maximum absolute atomic E-state index is 13.6. The maximum atomic E-state index is 13.6. The summed E-state index contributed by atoms with van der Waals surface area (Å²) in [6.07, 6.45) is 4.18. The largest absolute Gasteiger partial charge is 0.351 e. The summed E-state index contributed by atoms with van der Waals surface area (Å²) >= 11 is 1.12. The fraction of sp³-hybridized carbons (Fsp3) is 0.304. The summed E-state index contributed by atoms with van der Waals surface area (Å²) < 4.78 is 3.84. The third kappa shape index (κ3) is 4.41. The smallest absolute Gasteiger partial charge is 0.280 e. The first-order valence-corrected chi connectivity index (χ1v) is 11.0. The molecule has 0 radical (unpaired) electrons. The number of benzene rings is 2. The summed E-state index contributed by atoms with van der Waals surface area (Å²) in [5.41, 5.74) is 2.67. The zero-order chi connectivity index (χ0) is 20.9. The van der Waals surface area contributed by atoms with E-state index >= 15 is 0 Å². The Kier molecular flexibility index (Phi) is 6.18. The van der Waals surface area contributed by atoms with Crippen molar-refractivity contribution in [3.8, 4) is 0 Å². The molecule has 1 aliphatic carbocycles. The first-order chi connectivity index (χ1) is 14.6. The van der Waals surface area contributed by atoms with Crippen LogP contribution >= 0.6 is 11.5 Å². The minimum absolute atomic E-state index is 0.151. The number of nitrogens with one attached hydrogen (secondary N) is 1. The second kappa shape index (κ2) is 9.17. The fourth-order valence-corrected chi connectivity index (χ4v) is 4.39. The molecule has 1 aromatic heterocycles. The molecule has 1 aliphatic rings. The third-order valence-corrected chi connectivity index (χ3v) is 5.90. The predicted octanol–water partition coefficient (Wildman–Crippen LogP) is 4.29. The first kappa shape index (κ1) is 20.2. The molecule has 1 N–H and O–H groups in total. The van der Waals surface area contributed by atoms with Gasteiger partial charge in [-0.25, -0.2) is 0 Å². The summed E-state index contributed by atoms with van der Waals surface area (Å²) in [7, 11) is 0. The number of carbonyl (C=O) groups excluding carboxylic acids is 2. The van der Waals surface area contributed by atoms with Gasteiger partial charge in [-0.1, -0.05) is 65.4 Å². The van der Waals surface area contributed by atoms with Crippen LogP contribution in [0.15, 0.2) is 60.0 Å². The van der Waals surface area contributed by atoms with Gasteiger partial charge in [0.05, 0.1) is 0 Å². The first-order valence-electron chi connectivity index (χ1n) is 10.2. The minimum Gasteiger partial charge on any atom is -0.351 e. The van der Waals surface area contributed by atoms with Gasteiger partial charge in [0, 0.05) is 17.1 Å². The van der Waals surface area contributed by atoms with Crippen LogP contribution in [0.25, 0.3) is 0 Å². The van der Waals surface area contributed by atoms with Crippen molar-refractivity contribution in [1.29, 1.82) is 0 Å². The summed E-state index contributed by atoms with van der Waals surface area (Å²) in [4.78, 5) is 28.6. The van der Waals surface area contributed by atoms with Crippen molar-refractivity contribution in [2.45, 2.75) is 44.7 Å². The molecule has 0 saturated heterocycles. The molecule has 1 saturated carbocycles. The summed E-state index contributed by atoms with van der Waals surface area (Å²) in [5.74, 6) is -0.518. The van der Waals surface area contributed by atoms with Gasteiger partial charge in [-0.3, -0.25) is 14.5 Å². The van der Waals surface area contributed by atoms with E-state index in [-0.39, 0.29) is 23.6 Å². The van der Waals surface area contributed by atoms with Crippen molar-refractivity contribution in [2.75, 3.05) is 4.90 Å². The van der Waals surface area contributed by atoms with Crippen LogP contribution in [0, 0.1) is 6.92 Å². The number of hydrogen-bond acceptors (Lipinski definition) is 5. The molecule has 3 aromatic rings. The van der Waals surface area contributed by atoms with Crippen LogP contribution in [0.5, 0.6) is 0 Å². The Labute approximate surface area is 180 Å². The molecule has 0 aliphatic heterocycles. The SMILES string of the molecule is Cc1cccc(C(C(=O)NC2CCCC2)N(C(=O)c2csnn2)c2ccccc2)c1. The summed E-state index contributed by atoms with van der Waals surface area (Å²) in [6, 6.07) is 16.4. The predicted molar refractivity (Wildman–Crippen MR) is 117 cm³/mol. The number of nitrogens with zero attached hydrogens (tertiary/aromatic N) is 3. The Balaban J connectivity index is 1.79. The molecule has 4 rings (SSSR count). The molecule has 0 spiro atoms. The van der Waals surface area contributed by atoms with Gasteiger partial charge in [0.15, 0.2) is 5.69 Å². The number of carbonyl (C=O) groups is 2. The minimum atomic E-state index is -0.804. The van der Waals surface area contributed by atoms with Crippen LogP contribution in [0.1, 0.15) is 53.3 Å².